The van der Waals surface area contributed by atoms with E-state index in [2.05, 4.69) is 9.72 Å². The van der Waals surface area contributed by atoms with Crippen LogP contribution in [0.25, 0.3) is 0 Å². The number of carbonyl (C=O) groups is 1. The zero-order chi connectivity index (χ0) is 9.52. The molecule has 1 rings (SSSR count). The minimum atomic E-state index is -0.147. The molecule has 0 aliphatic carbocycles. The molecule has 1 aromatic heterocycles. The second-order valence-corrected chi connectivity index (χ2v) is 4.18. The van der Waals surface area contributed by atoms with Gasteiger partial charge in [-0.25, -0.2) is 4.98 Å². The van der Waals surface area contributed by atoms with Crippen molar-refractivity contribution in [3.8, 4) is 0 Å². The van der Waals surface area contributed by atoms with Crippen molar-refractivity contribution in [3.63, 3.8) is 0 Å². The number of methoxy groups -OCH3 is 1. The summed E-state index contributed by atoms with van der Waals surface area (Å²) < 4.78 is 4.52. The first-order chi connectivity index (χ1) is 6.33. The smallest absolute Gasteiger partial charge is 0.306 e. The van der Waals surface area contributed by atoms with Crippen molar-refractivity contribution < 1.29 is 9.53 Å². The van der Waals surface area contributed by atoms with Gasteiger partial charge in [0.15, 0.2) is 0 Å². The Morgan fingerprint density at radius 2 is 2.62 bits per heavy atom. The second-order valence-electron chi connectivity index (χ2n) is 2.36. The van der Waals surface area contributed by atoms with Gasteiger partial charge >= 0.3 is 5.97 Å². The largest absolute Gasteiger partial charge is 0.469 e. The third kappa shape index (κ3) is 4.28. The summed E-state index contributed by atoms with van der Waals surface area (Å²) >= 11 is 3.29. The highest BCUT2D eigenvalue weighted by atomic mass is 32.2. The van der Waals surface area contributed by atoms with Gasteiger partial charge in [-0.05, 0) is 0 Å². The minimum absolute atomic E-state index is 0.147. The van der Waals surface area contributed by atoms with Crippen LogP contribution in [0.5, 0.6) is 0 Å². The van der Waals surface area contributed by atoms with Crippen LogP contribution in [0.15, 0.2) is 10.9 Å². The summed E-state index contributed by atoms with van der Waals surface area (Å²) in [4.78, 5) is 14.9. The van der Waals surface area contributed by atoms with Crippen LogP contribution in [0.3, 0.4) is 0 Å². The Labute approximate surface area is 85.5 Å². The molecule has 0 bridgehead atoms. The molecule has 3 nitrogen and oxygen atoms in total. The third-order valence-corrected chi connectivity index (χ3v) is 3.04. The van der Waals surface area contributed by atoms with Crippen LogP contribution < -0.4 is 0 Å². The lowest BCUT2D eigenvalue weighted by Gasteiger charge is -1.98. The van der Waals surface area contributed by atoms with Crippen LogP contribution >= 0.6 is 23.1 Å². The number of nitrogens with zero attached hydrogens (tertiary/aromatic N) is 1. The molecule has 0 atom stereocenters. The number of ether oxygens (including phenoxy) is 1. The van der Waals surface area contributed by atoms with Crippen LogP contribution in [0, 0.1) is 0 Å². The Kier molecular flexibility index (Phi) is 4.85. The maximum atomic E-state index is 10.7. The van der Waals surface area contributed by atoms with Crippen LogP contribution in [-0.2, 0) is 15.3 Å². The molecular weight excluding hydrogens is 206 g/mol. The average molecular weight is 217 g/mol. The predicted octanol–water partition coefficient (Wildman–Crippen LogP) is 1.94. The number of rotatable bonds is 5. The minimum Gasteiger partial charge on any atom is -0.469 e. The van der Waals surface area contributed by atoms with Crippen LogP contribution in [0.4, 0.5) is 0 Å². The van der Waals surface area contributed by atoms with Crippen molar-refractivity contribution >= 4 is 29.1 Å². The van der Waals surface area contributed by atoms with Gasteiger partial charge in [-0.1, -0.05) is 0 Å². The number of esters is 1. The molecule has 0 aliphatic heterocycles. The molecule has 0 N–H and O–H groups in total. The van der Waals surface area contributed by atoms with Gasteiger partial charge in [-0.15, -0.1) is 11.3 Å². The van der Waals surface area contributed by atoms with Crippen molar-refractivity contribution in [2.75, 3.05) is 12.9 Å². The zero-order valence-corrected chi connectivity index (χ0v) is 8.99. The van der Waals surface area contributed by atoms with Crippen LogP contribution in [0.1, 0.15) is 12.1 Å². The summed E-state index contributed by atoms with van der Waals surface area (Å²) in [5.41, 5.74) is 2.90. The standard InChI is InChI=1S/C8H11NO2S2/c1-11-8(10)2-3-12-4-7-5-13-6-9-7/h5-6H,2-4H2,1H3. The van der Waals surface area contributed by atoms with Crippen molar-refractivity contribution in [2.45, 2.75) is 12.2 Å². The fourth-order valence-electron chi connectivity index (χ4n) is 0.743. The molecule has 0 saturated heterocycles. The molecule has 5 heteroatoms. The molecule has 0 fully saturated rings. The fraction of sp³-hybridized carbons (Fsp3) is 0.500. The van der Waals surface area contributed by atoms with Gasteiger partial charge in [0.2, 0.25) is 0 Å². The first kappa shape index (κ1) is 10.5. The summed E-state index contributed by atoms with van der Waals surface area (Å²) in [7, 11) is 1.41. The summed E-state index contributed by atoms with van der Waals surface area (Å²) in [6.07, 6.45) is 0.477. The van der Waals surface area contributed by atoms with Gasteiger partial charge < -0.3 is 4.74 Å². The van der Waals surface area contributed by atoms with E-state index in [1.165, 1.54) is 7.11 Å². The summed E-state index contributed by atoms with van der Waals surface area (Å²) in [5.74, 6) is 1.52. The molecule has 0 radical (unpaired) electrons. The van der Waals surface area contributed by atoms with Crippen molar-refractivity contribution in [3.05, 3.63) is 16.6 Å². The van der Waals surface area contributed by atoms with E-state index in [0.717, 1.165) is 17.2 Å². The topological polar surface area (TPSA) is 39.2 Å². The SMILES string of the molecule is COC(=O)CCSCc1cscn1. The average Bonchev–Trinajstić information content (AvgIpc) is 2.64. The molecule has 1 aromatic rings. The molecule has 0 saturated carbocycles. The van der Waals surface area contributed by atoms with E-state index in [1.807, 2.05) is 10.9 Å². The van der Waals surface area contributed by atoms with Crippen LogP contribution in [-0.4, -0.2) is 23.8 Å². The third-order valence-electron chi connectivity index (χ3n) is 1.41. The molecule has 0 amide bonds. The Morgan fingerprint density at radius 1 is 1.77 bits per heavy atom. The van der Waals surface area contributed by atoms with E-state index in [9.17, 15) is 4.79 Å². The van der Waals surface area contributed by atoms with Gasteiger partial charge in [0.1, 0.15) is 0 Å². The Bertz CT molecular complexity index is 249. The lowest BCUT2D eigenvalue weighted by Crippen LogP contribution is -2.01. The molecule has 0 aromatic carbocycles. The number of hydrogen-bond acceptors (Lipinski definition) is 5. The molecule has 13 heavy (non-hydrogen) atoms. The van der Waals surface area contributed by atoms with Crippen LogP contribution in [0.2, 0.25) is 0 Å². The number of hydrogen-bond donors (Lipinski definition) is 0. The molecule has 0 spiro atoms. The molecule has 72 valence electrons. The lowest BCUT2D eigenvalue weighted by molar-refractivity contribution is -0.140. The molecule has 1 heterocycles. The maximum Gasteiger partial charge on any atom is 0.306 e. The zero-order valence-electron chi connectivity index (χ0n) is 7.36. The first-order valence-corrected chi connectivity index (χ1v) is 5.94. The summed E-state index contributed by atoms with van der Waals surface area (Å²) in [6, 6.07) is 0. The quantitative estimate of drug-likeness (QED) is 0.558. The number of carbonyl (C=O) groups excluding carboxylic acids is 1. The fourth-order valence-corrected chi connectivity index (χ4v) is 2.23. The van der Waals surface area contributed by atoms with Crippen molar-refractivity contribution in [1.29, 1.82) is 0 Å². The predicted molar refractivity (Wildman–Crippen MR) is 54.9 cm³/mol. The van der Waals surface area contributed by atoms with Gasteiger partial charge in [0.25, 0.3) is 0 Å². The van der Waals surface area contributed by atoms with E-state index in [0.29, 0.717) is 6.42 Å². The molecule has 0 unspecified atom stereocenters. The highest BCUT2D eigenvalue weighted by molar-refractivity contribution is 7.98. The molecular formula is C8H11NO2S2. The van der Waals surface area contributed by atoms with Crippen molar-refractivity contribution in [2.24, 2.45) is 0 Å². The maximum absolute atomic E-state index is 10.7. The Hall–Kier alpha value is -0.550. The van der Waals surface area contributed by atoms with E-state index < -0.39 is 0 Å². The van der Waals surface area contributed by atoms with E-state index in [4.69, 9.17) is 0 Å². The highest BCUT2D eigenvalue weighted by Gasteiger charge is 2.00. The highest BCUT2D eigenvalue weighted by Crippen LogP contribution is 2.12. The Balaban J connectivity index is 2.05. The Morgan fingerprint density at radius 3 is 3.23 bits per heavy atom. The van der Waals surface area contributed by atoms with E-state index >= 15 is 0 Å². The van der Waals surface area contributed by atoms with Gasteiger partial charge in [0.05, 0.1) is 24.7 Å². The molecule has 0 aliphatic rings. The first-order valence-electron chi connectivity index (χ1n) is 3.84. The van der Waals surface area contributed by atoms with E-state index in [-0.39, 0.29) is 5.97 Å². The lowest BCUT2D eigenvalue weighted by atomic mass is 10.5. The van der Waals surface area contributed by atoms with Crippen molar-refractivity contribution in [1.82, 2.24) is 4.98 Å². The van der Waals surface area contributed by atoms with Gasteiger partial charge in [0, 0.05) is 16.9 Å². The normalized spacial score (nSPS) is 9.92. The number of thiazole rings is 1. The monoisotopic (exact) mass is 217 g/mol. The second kappa shape index (κ2) is 5.99. The van der Waals surface area contributed by atoms with Gasteiger partial charge in [-0.2, -0.15) is 11.8 Å². The van der Waals surface area contributed by atoms with Gasteiger partial charge in [-0.3, -0.25) is 4.79 Å². The number of thioether (sulfide) groups is 1. The summed E-state index contributed by atoms with van der Waals surface area (Å²) in [5, 5.41) is 2.02. The summed E-state index contributed by atoms with van der Waals surface area (Å²) in [6.45, 7) is 0. The number of aromatic nitrogens is 1. The van der Waals surface area contributed by atoms with E-state index in [1.54, 1.807) is 23.1 Å².